The average molecular weight is 354 g/mol. The van der Waals surface area contributed by atoms with E-state index in [0.29, 0.717) is 23.5 Å². The van der Waals surface area contributed by atoms with Gasteiger partial charge in [-0.15, -0.1) is 0 Å². The van der Waals surface area contributed by atoms with Crippen LogP contribution in [0, 0.1) is 0 Å². The lowest BCUT2D eigenvalue weighted by Gasteiger charge is -2.10. The normalized spacial score (nSPS) is 9.92. The van der Waals surface area contributed by atoms with Crippen LogP contribution < -0.4 is 21.3 Å². The SMILES string of the molecule is CCNC(=O)c1cccc(NC(=O)CNc2ccc(NC(C)=O)cc2)c1. The molecule has 26 heavy (non-hydrogen) atoms. The molecule has 0 saturated carbocycles. The van der Waals surface area contributed by atoms with Crippen molar-refractivity contribution in [2.24, 2.45) is 0 Å². The van der Waals surface area contributed by atoms with Gasteiger partial charge in [0, 0.05) is 36.1 Å². The summed E-state index contributed by atoms with van der Waals surface area (Å²) in [4.78, 5) is 34.9. The van der Waals surface area contributed by atoms with Gasteiger partial charge in [0.1, 0.15) is 0 Å². The maximum atomic E-state index is 12.1. The fourth-order valence-electron chi connectivity index (χ4n) is 2.26. The smallest absolute Gasteiger partial charge is 0.251 e. The predicted molar refractivity (Wildman–Crippen MR) is 102 cm³/mol. The summed E-state index contributed by atoms with van der Waals surface area (Å²) < 4.78 is 0. The molecular formula is C19H22N4O3. The van der Waals surface area contributed by atoms with Gasteiger partial charge < -0.3 is 21.3 Å². The van der Waals surface area contributed by atoms with E-state index in [4.69, 9.17) is 0 Å². The number of amides is 3. The molecule has 0 aromatic heterocycles. The van der Waals surface area contributed by atoms with Crippen LogP contribution in [-0.4, -0.2) is 30.8 Å². The van der Waals surface area contributed by atoms with Crippen molar-refractivity contribution in [2.75, 3.05) is 29.0 Å². The number of rotatable bonds is 7. The highest BCUT2D eigenvalue weighted by Gasteiger charge is 2.07. The molecule has 0 unspecified atom stereocenters. The van der Waals surface area contributed by atoms with Crippen molar-refractivity contribution in [3.05, 3.63) is 54.1 Å². The summed E-state index contributed by atoms with van der Waals surface area (Å²) in [7, 11) is 0. The van der Waals surface area contributed by atoms with Gasteiger partial charge in [-0.1, -0.05) is 6.07 Å². The van der Waals surface area contributed by atoms with Crippen molar-refractivity contribution in [1.82, 2.24) is 5.32 Å². The standard InChI is InChI=1S/C19H22N4O3/c1-3-20-19(26)14-5-4-6-17(11-14)23-18(25)12-21-15-7-9-16(10-8-15)22-13(2)24/h4-11,21H,3,12H2,1-2H3,(H,20,26)(H,22,24)(H,23,25). The Hall–Kier alpha value is -3.35. The quantitative estimate of drug-likeness (QED) is 0.614. The molecule has 0 radical (unpaired) electrons. The number of nitrogens with one attached hydrogen (secondary N) is 4. The third-order valence-electron chi connectivity index (χ3n) is 3.40. The molecule has 0 spiro atoms. The van der Waals surface area contributed by atoms with Gasteiger partial charge in [-0.3, -0.25) is 14.4 Å². The van der Waals surface area contributed by atoms with Crippen LogP contribution in [0.25, 0.3) is 0 Å². The van der Waals surface area contributed by atoms with E-state index in [1.807, 2.05) is 6.92 Å². The fourth-order valence-corrected chi connectivity index (χ4v) is 2.26. The van der Waals surface area contributed by atoms with E-state index in [1.165, 1.54) is 6.92 Å². The van der Waals surface area contributed by atoms with Crippen LogP contribution in [0.5, 0.6) is 0 Å². The highest BCUT2D eigenvalue weighted by molar-refractivity contribution is 5.98. The second-order valence-corrected chi connectivity index (χ2v) is 5.60. The molecular weight excluding hydrogens is 332 g/mol. The molecule has 0 heterocycles. The third kappa shape index (κ3) is 5.94. The van der Waals surface area contributed by atoms with Crippen LogP contribution in [0.3, 0.4) is 0 Å². The minimum absolute atomic E-state index is 0.0743. The second-order valence-electron chi connectivity index (χ2n) is 5.60. The van der Waals surface area contributed by atoms with Crippen LogP contribution in [0.2, 0.25) is 0 Å². The number of carbonyl (C=O) groups excluding carboxylic acids is 3. The van der Waals surface area contributed by atoms with E-state index in [1.54, 1.807) is 48.5 Å². The lowest BCUT2D eigenvalue weighted by molar-refractivity contribution is -0.115. The van der Waals surface area contributed by atoms with Crippen molar-refractivity contribution in [1.29, 1.82) is 0 Å². The van der Waals surface area contributed by atoms with Crippen molar-refractivity contribution >= 4 is 34.8 Å². The first kappa shape index (κ1) is 19.0. The summed E-state index contributed by atoms with van der Waals surface area (Å²) in [6.07, 6.45) is 0. The van der Waals surface area contributed by atoms with Gasteiger partial charge in [-0.25, -0.2) is 0 Å². The van der Waals surface area contributed by atoms with Crippen molar-refractivity contribution in [3.63, 3.8) is 0 Å². The lowest BCUT2D eigenvalue weighted by atomic mass is 10.2. The highest BCUT2D eigenvalue weighted by Crippen LogP contribution is 2.14. The summed E-state index contributed by atoms with van der Waals surface area (Å²) in [6, 6.07) is 13.8. The minimum atomic E-state index is -0.232. The number of hydrogen-bond donors (Lipinski definition) is 4. The Kier molecular flexibility index (Phi) is 6.73. The minimum Gasteiger partial charge on any atom is -0.376 e. The molecule has 2 aromatic rings. The van der Waals surface area contributed by atoms with Crippen molar-refractivity contribution in [2.45, 2.75) is 13.8 Å². The zero-order chi connectivity index (χ0) is 18.9. The largest absolute Gasteiger partial charge is 0.376 e. The predicted octanol–water partition coefficient (Wildman–Crippen LogP) is 2.45. The Labute approximate surface area is 152 Å². The molecule has 4 N–H and O–H groups in total. The average Bonchev–Trinajstić information content (AvgIpc) is 2.61. The summed E-state index contributed by atoms with van der Waals surface area (Å²) in [6.45, 7) is 3.90. The van der Waals surface area contributed by atoms with E-state index in [2.05, 4.69) is 21.3 Å². The molecule has 3 amide bonds. The van der Waals surface area contributed by atoms with Crippen molar-refractivity contribution in [3.8, 4) is 0 Å². The molecule has 0 atom stereocenters. The van der Waals surface area contributed by atoms with Gasteiger partial charge in [-0.05, 0) is 49.4 Å². The maximum Gasteiger partial charge on any atom is 0.251 e. The Bertz CT molecular complexity index is 788. The summed E-state index contributed by atoms with van der Waals surface area (Å²) in [5.41, 5.74) is 2.49. The zero-order valence-corrected chi connectivity index (χ0v) is 14.8. The van der Waals surface area contributed by atoms with Crippen LogP contribution in [0.1, 0.15) is 24.2 Å². The molecule has 0 bridgehead atoms. The Morgan fingerprint density at radius 1 is 0.885 bits per heavy atom. The summed E-state index contributed by atoms with van der Waals surface area (Å²) in [5.74, 6) is -0.551. The van der Waals surface area contributed by atoms with Crippen LogP contribution in [-0.2, 0) is 9.59 Å². The molecule has 7 heteroatoms. The van der Waals surface area contributed by atoms with Gasteiger partial charge >= 0.3 is 0 Å². The molecule has 0 aliphatic rings. The van der Waals surface area contributed by atoms with Crippen LogP contribution in [0.15, 0.2) is 48.5 Å². The fraction of sp³-hybridized carbons (Fsp3) is 0.211. The molecule has 0 fully saturated rings. The Morgan fingerprint density at radius 2 is 1.58 bits per heavy atom. The molecule has 7 nitrogen and oxygen atoms in total. The Balaban J connectivity index is 1.88. The topological polar surface area (TPSA) is 99.3 Å². The monoisotopic (exact) mass is 354 g/mol. The number of benzene rings is 2. The van der Waals surface area contributed by atoms with Crippen LogP contribution >= 0.6 is 0 Å². The highest BCUT2D eigenvalue weighted by atomic mass is 16.2. The van der Waals surface area contributed by atoms with Gasteiger partial charge in [0.25, 0.3) is 5.91 Å². The molecule has 2 aromatic carbocycles. The Morgan fingerprint density at radius 3 is 2.23 bits per heavy atom. The molecule has 0 saturated heterocycles. The first-order valence-electron chi connectivity index (χ1n) is 8.27. The maximum absolute atomic E-state index is 12.1. The first-order chi connectivity index (χ1) is 12.5. The van der Waals surface area contributed by atoms with Crippen molar-refractivity contribution < 1.29 is 14.4 Å². The van der Waals surface area contributed by atoms with Gasteiger partial charge in [0.15, 0.2) is 0 Å². The zero-order valence-electron chi connectivity index (χ0n) is 14.8. The van der Waals surface area contributed by atoms with Gasteiger partial charge in [-0.2, -0.15) is 0 Å². The van der Waals surface area contributed by atoms with E-state index >= 15 is 0 Å². The number of anilines is 3. The number of hydrogen-bond acceptors (Lipinski definition) is 4. The van der Waals surface area contributed by atoms with E-state index in [-0.39, 0.29) is 24.3 Å². The van der Waals surface area contributed by atoms with E-state index in [0.717, 1.165) is 5.69 Å². The third-order valence-corrected chi connectivity index (χ3v) is 3.40. The van der Waals surface area contributed by atoms with Gasteiger partial charge in [0.2, 0.25) is 11.8 Å². The molecule has 136 valence electrons. The number of carbonyl (C=O) groups is 3. The van der Waals surface area contributed by atoms with E-state index < -0.39 is 0 Å². The lowest BCUT2D eigenvalue weighted by Crippen LogP contribution is -2.24. The molecule has 0 aliphatic heterocycles. The first-order valence-corrected chi connectivity index (χ1v) is 8.27. The van der Waals surface area contributed by atoms with Gasteiger partial charge in [0.05, 0.1) is 6.54 Å². The summed E-state index contributed by atoms with van der Waals surface area (Å²) >= 11 is 0. The molecule has 2 rings (SSSR count). The van der Waals surface area contributed by atoms with Crippen LogP contribution in [0.4, 0.5) is 17.1 Å². The summed E-state index contributed by atoms with van der Waals surface area (Å²) in [5, 5.41) is 11.1. The molecule has 0 aliphatic carbocycles. The van der Waals surface area contributed by atoms with E-state index in [9.17, 15) is 14.4 Å². The second kappa shape index (κ2) is 9.22.